The Balaban J connectivity index is 1.59. The van der Waals surface area contributed by atoms with Crippen LogP contribution in [0, 0.1) is 5.82 Å². The summed E-state index contributed by atoms with van der Waals surface area (Å²) in [5, 5.41) is 13.1. The summed E-state index contributed by atoms with van der Waals surface area (Å²) in [6, 6.07) is 6.73. The smallest absolute Gasteiger partial charge is 0.254 e. The van der Waals surface area contributed by atoms with Crippen LogP contribution < -0.4 is 16.0 Å². The van der Waals surface area contributed by atoms with Gasteiger partial charge in [-0.3, -0.25) is 14.9 Å². The van der Waals surface area contributed by atoms with Crippen molar-refractivity contribution in [1.29, 1.82) is 0 Å². The van der Waals surface area contributed by atoms with E-state index in [2.05, 4.69) is 42.0 Å². The zero-order chi connectivity index (χ0) is 20.8. The molecule has 0 spiro atoms. The Kier molecular flexibility index (Phi) is 4.50. The molecule has 0 bridgehead atoms. The molecule has 2 fully saturated rings. The second kappa shape index (κ2) is 7.21. The predicted molar refractivity (Wildman–Crippen MR) is 113 cm³/mol. The molecule has 0 unspecified atom stereocenters. The summed E-state index contributed by atoms with van der Waals surface area (Å²) >= 11 is 3.34. The van der Waals surface area contributed by atoms with Crippen LogP contribution in [0.3, 0.4) is 0 Å². The Morgan fingerprint density at radius 3 is 2.83 bits per heavy atom. The number of fused-ring (bicyclic) bond motifs is 1. The molecule has 30 heavy (non-hydrogen) atoms. The van der Waals surface area contributed by atoms with Gasteiger partial charge in [-0.05, 0) is 37.1 Å². The first-order valence-corrected chi connectivity index (χ1v) is 10.2. The van der Waals surface area contributed by atoms with Crippen LogP contribution in [0.5, 0.6) is 0 Å². The molecule has 1 saturated carbocycles. The fourth-order valence-electron chi connectivity index (χ4n) is 3.23. The lowest BCUT2D eigenvalue weighted by Gasteiger charge is -2.12. The summed E-state index contributed by atoms with van der Waals surface area (Å²) in [7, 11) is 0. The van der Waals surface area contributed by atoms with Gasteiger partial charge in [0.15, 0.2) is 5.65 Å². The molecule has 0 atom stereocenters. The van der Waals surface area contributed by atoms with Crippen molar-refractivity contribution in [3.05, 3.63) is 51.9 Å². The molecule has 3 heterocycles. The average Bonchev–Trinajstić information content (AvgIpc) is 3.34. The Hall–Kier alpha value is -3.27. The maximum atomic E-state index is 14.2. The molecule has 0 radical (unpaired) electrons. The molecule has 1 aromatic carbocycles. The number of imide groups is 1. The van der Waals surface area contributed by atoms with Crippen LogP contribution in [-0.4, -0.2) is 32.5 Å². The van der Waals surface area contributed by atoms with E-state index in [1.165, 1.54) is 6.07 Å². The first-order valence-electron chi connectivity index (χ1n) is 9.38. The van der Waals surface area contributed by atoms with E-state index in [1.54, 1.807) is 35.0 Å². The van der Waals surface area contributed by atoms with E-state index >= 15 is 0 Å². The first kappa shape index (κ1) is 18.7. The van der Waals surface area contributed by atoms with Crippen molar-refractivity contribution < 1.29 is 14.0 Å². The Morgan fingerprint density at radius 2 is 2.10 bits per heavy atom. The second-order valence-corrected chi connectivity index (χ2v) is 8.17. The Morgan fingerprint density at radius 1 is 1.27 bits per heavy atom. The number of nitrogens with one attached hydrogen (secondary N) is 3. The zero-order valence-corrected chi connectivity index (χ0v) is 17.2. The van der Waals surface area contributed by atoms with Gasteiger partial charge in [0.05, 0.1) is 18.3 Å². The number of hydrogen-bond donors (Lipinski definition) is 3. The lowest BCUT2D eigenvalue weighted by molar-refractivity contribution is -0.124. The maximum Gasteiger partial charge on any atom is 0.254 e. The molecule has 2 amide bonds. The third-order valence-electron chi connectivity index (χ3n) is 4.84. The molecular weight excluding hydrogens is 455 g/mol. The number of amides is 2. The van der Waals surface area contributed by atoms with Crippen molar-refractivity contribution in [3.8, 4) is 0 Å². The number of anilines is 3. The molecule has 1 aliphatic carbocycles. The summed E-state index contributed by atoms with van der Waals surface area (Å²) < 4.78 is 16.6. The normalized spacial score (nSPS) is 17.6. The lowest BCUT2D eigenvalue weighted by Crippen LogP contribution is -2.19. The van der Waals surface area contributed by atoms with Gasteiger partial charge in [-0.15, -0.1) is 0 Å². The number of aromatic nitrogens is 3. The van der Waals surface area contributed by atoms with Gasteiger partial charge in [0, 0.05) is 27.7 Å². The number of hydrogen-bond acceptors (Lipinski definition) is 6. The quantitative estimate of drug-likeness (QED) is 0.390. The van der Waals surface area contributed by atoms with E-state index in [4.69, 9.17) is 0 Å². The minimum Gasteiger partial charge on any atom is -0.367 e. The van der Waals surface area contributed by atoms with Gasteiger partial charge in [-0.1, -0.05) is 15.9 Å². The summed E-state index contributed by atoms with van der Waals surface area (Å²) in [6.07, 6.45) is 5.35. The van der Waals surface area contributed by atoms with Crippen LogP contribution in [-0.2, 0) is 9.59 Å². The standard InChI is InChI=1S/C20H16BrFN6O2/c21-12-1-4-14(22)15(7-12)25-16-8-17(24-13-2-3-13)28-19(26-16)11(9-23-28)5-10-6-18(29)27-20(10)30/h1,4-5,7-9,13,24H,2-3,6H2,(H,25,26)(H,27,29,30)/b10-5+. The summed E-state index contributed by atoms with van der Waals surface area (Å²) in [4.78, 5) is 28.0. The molecule has 2 aliphatic rings. The number of nitrogens with zero attached hydrogens (tertiary/aromatic N) is 3. The van der Waals surface area contributed by atoms with Crippen LogP contribution in [0.25, 0.3) is 11.7 Å². The van der Waals surface area contributed by atoms with E-state index in [9.17, 15) is 14.0 Å². The van der Waals surface area contributed by atoms with Crippen molar-refractivity contribution in [1.82, 2.24) is 19.9 Å². The predicted octanol–water partition coefficient (Wildman–Crippen LogP) is 3.38. The van der Waals surface area contributed by atoms with E-state index in [0.29, 0.717) is 34.5 Å². The third kappa shape index (κ3) is 3.65. The van der Waals surface area contributed by atoms with E-state index < -0.39 is 11.7 Å². The second-order valence-electron chi connectivity index (χ2n) is 7.25. The fourth-order valence-corrected chi connectivity index (χ4v) is 3.59. The van der Waals surface area contributed by atoms with E-state index in [1.807, 2.05) is 0 Å². The summed E-state index contributed by atoms with van der Waals surface area (Å²) in [6.45, 7) is 0. The van der Waals surface area contributed by atoms with Crippen molar-refractivity contribution >= 4 is 56.8 Å². The highest BCUT2D eigenvalue weighted by molar-refractivity contribution is 9.10. The summed E-state index contributed by atoms with van der Waals surface area (Å²) in [5.74, 6) is -0.0271. The van der Waals surface area contributed by atoms with Crippen molar-refractivity contribution in [2.24, 2.45) is 0 Å². The topological polar surface area (TPSA) is 100 Å². The van der Waals surface area contributed by atoms with Crippen LogP contribution in [0.15, 0.2) is 40.5 Å². The molecule has 1 aliphatic heterocycles. The summed E-state index contributed by atoms with van der Waals surface area (Å²) in [5.41, 5.74) is 1.70. The minimum absolute atomic E-state index is 0.0184. The van der Waals surface area contributed by atoms with Gasteiger partial charge in [-0.25, -0.2) is 9.37 Å². The lowest BCUT2D eigenvalue weighted by atomic mass is 10.1. The molecule has 1 saturated heterocycles. The SMILES string of the molecule is O=C1C/C(=C\c2cnn3c(NC4CC4)cc(Nc4cc(Br)ccc4F)nc23)C(=O)N1. The highest BCUT2D eigenvalue weighted by Crippen LogP contribution is 2.30. The number of rotatable bonds is 5. The molecule has 152 valence electrons. The molecule has 8 nitrogen and oxygen atoms in total. The first-order chi connectivity index (χ1) is 14.5. The van der Waals surface area contributed by atoms with Gasteiger partial charge in [0.25, 0.3) is 5.91 Å². The van der Waals surface area contributed by atoms with Gasteiger partial charge >= 0.3 is 0 Å². The zero-order valence-electron chi connectivity index (χ0n) is 15.6. The fraction of sp³-hybridized carbons (Fsp3) is 0.200. The molecule has 10 heteroatoms. The molecular formula is C20H16BrFN6O2. The number of carbonyl (C=O) groups excluding carboxylic acids is 2. The van der Waals surface area contributed by atoms with Crippen molar-refractivity contribution in [2.75, 3.05) is 10.6 Å². The molecule has 3 N–H and O–H groups in total. The molecule has 3 aromatic rings. The minimum atomic E-state index is -0.416. The van der Waals surface area contributed by atoms with Crippen LogP contribution in [0.1, 0.15) is 24.8 Å². The average molecular weight is 471 g/mol. The molecule has 5 rings (SSSR count). The Labute approximate surface area is 178 Å². The number of halogens is 2. The van der Waals surface area contributed by atoms with Gasteiger partial charge in [-0.2, -0.15) is 9.61 Å². The van der Waals surface area contributed by atoms with Crippen molar-refractivity contribution in [2.45, 2.75) is 25.3 Å². The Bertz CT molecular complexity index is 1230. The highest BCUT2D eigenvalue weighted by atomic mass is 79.9. The largest absolute Gasteiger partial charge is 0.367 e. The third-order valence-corrected chi connectivity index (χ3v) is 5.34. The highest BCUT2D eigenvalue weighted by Gasteiger charge is 2.25. The van der Waals surface area contributed by atoms with Crippen LogP contribution >= 0.6 is 15.9 Å². The van der Waals surface area contributed by atoms with Crippen LogP contribution in [0.2, 0.25) is 0 Å². The van der Waals surface area contributed by atoms with E-state index in [0.717, 1.165) is 17.3 Å². The van der Waals surface area contributed by atoms with Gasteiger partial charge < -0.3 is 10.6 Å². The van der Waals surface area contributed by atoms with Crippen LogP contribution in [0.4, 0.5) is 21.7 Å². The number of benzene rings is 1. The van der Waals surface area contributed by atoms with E-state index in [-0.39, 0.29) is 18.0 Å². The van der Waals surface area contributed by atoms with Crippen molar-refractivity contribution in [3.63, 3.8) is 0 Å². The van der Waals surface area contributed by atoms with Gasteiger partial charge in [0.2, 0.25) is 5.91 Å². The molecule has 2 aromatic heterocycles. The van der Waals surface area contributed by atoms with Gasteiger partial charge in [0.1, 0.15) is 17.5 Å². The number of carbonyl (C=O) groups is 2. The monoisotopic (exact) mass is 470 g/mol. The maximum absolute atomic E-state index is 14.2.